The summed E-state index contributed by atoms with van der Waals surface area (Å²) < 4.78 is 0. The Labute approximate surface area is 112 Å². The Hall–Kier alpha value is -2.11. The summed E-state index contributed by atoms with van der Waals surface area (Å²) in [5.74, 6) is 0.118. The lowest BCUT2D eigenvalue weighted by Gasteiger charge is -2.20. The van der Waals surface area contributed by atoms with Crippen LogP contribution in [0.5, 0.6) is 0 Å². The van der Waals surface area contributed by atoms with Gasteiger partial charge in [0, 0.05) is 26.7 Å². The van der Waals surface area contributed by atoms with E-state index in [1.165, 1.54) is 12.1 Å². The summed E-state index contributed by atoms with van der Waals surface area (Å²) in [6.07, 6.45) is 0. The molecule has 0 heterocycles. The topological polar surface area (TPSA) is 75.5 Å². The normalized spacial score (nSPS) is 10.4. The first-order valence-corrected chi connectivity index (χ1v) is 6.09. The second-order valence-electron chi connectivity index (χ2n) is 4.79. The van der Waals surface area contributed by atoms with E-state index >= 15 is 0 Å². The van der Waals surface area contributed by atoms with Gasteiger partial charge >= 0.3 is 0 Å². The predicted octanol–water partition coefficient (Wildman–Crippen LogP) is 2.36. The van der Waals surface area contributed by atoms with Crippen LogP contribution in [0.3, 0.4) is 0 Å². The third-order valence-electron chi connectivity index (χ3n) is 2.71. The van der Waals surface area contributed by atoms with Gasteiger partial charge < -0.3 is 10.2 Å². The van der Waals surface area contributed by atoms with Gasteiger partial charge in [-0.25, -0.2) is 0 Å². The minimum atomic E-state index is -0.495. The average molecular weight is 265 g/mol. The van der Waals surface area contributed by atoms with Crippen LogP contribution in [0.15, 0.2) is 18.2 Å². The Morgan fingerprint density at radius 2 is 2.11 bits per heavy atom. The molecule has 0 unspecified atom stereocenters. The first-order chi connectivity index (χ1) is 8.88. The van der Waals surface area contributed by atoms with E-state index in [4.69, 9.17) is 0 Å². The number of hydrogen-bond acceptors (Lipinski definition) is 4. The van der Waals surface area contributed by atoms with Crippen molar-refractivity contribution in [2.75, 3.05) is 26.0 Å². The number of nitro groups is 1. The number of amides is 1. The van der Waals surface area contributed by atoms with Crippen molar-refractivity contribution in [2.24, 2.45) is 5.92 Å². The van der Waals surface area contributed by atoms with Crippen molar-refractivity contribution in [3.8, 4) is 0 Å². The minimum Gasteiger partial charge on any atom is -0.382 e. The highest BCUT2D eigenvalue weighted by Crippen LogP contribution is 2.28. The standard InChI is InChI=1S/C13H19N3O3/c1-9(2)8-15(4)13(17)10-6-5-7-11(16(18)19)12(10)14-3/h5-7,9,14H,8H2,1-4H3. The Bertz CT molecular complexity index is 486. The van der Waals surface area contributed by atoms with Gasteiger partial charge in [-0.3, -0.25) is 14.9 Å². The first kappa shape index (κ1) is 14.9. The van der Waals surface area contributed by atoms with Crippen LogP contribution in [-0.4, -0.2) is 36.4 Å². The monoisotopic (exact) mass is 265 g/mol. The zero-order valence-electron chi connectivity index (χ0n) is 11.6. The fourth-order valence-corrected chi connectivity index (χ4v) is 1.97. The molecule has 0 radical (unpaired) electrons. The summed E-state index contributed by atoms with van der Waals surface area (Å²) in [5, 5.41) is 13.7. The summed E-state index contributed by atoms with van der Waals surface area (Å²) in [6.45, 7) is 4.62. The number of para-hydroxylation sites is 1. The number of nitrogens with one attached hydrogen (secondary N) is 1. The van der Waals surface area contributed by atoms with Crippen molar-refractivity contribution in [3.05, 3.63) is 33.9 Å². The molecule has 1 aromatic carbocycles. The number of carbonyl (C=O) groups excluding carboxylic acids is 1. The van der Waals surface area contributed by atoms with Crippen molar-refractivity contribution < 1.29 is 9.72 Å². The molecule has 0 aromatic heterocycles. The van der Waals surface area contributed by atoms with Crippen molar-refractivity contribution in [3.63, 3.8) is 0 Å². The lowest BCUT2D eigenvalue weighted by atomic mass is 10.1. The van der Waals surface area contributed by atoms with Crippen molar-refractivity contribution in [1.29, 1.82) is 0 Å². The molecule has 0 aliphatic rings. The lowest BCUT2D eigenvalue weighted by Crippen LogP contribution is -2.30. The molecule has 0 bridgehead atoms. The van der Waals surface area contributed by atoms with Gasteiger partial charge in [0.25, 0.3) is 11.6 Å². The van der Waals surface area contributed by atoms with Crippen LogP contribution in [0.25, 0.3) is 0 Å². The molecule has 0 atom stereocenters. The van der Waals surface area contributed by atoms with Crippen LogP contribution in [-0.2, 0) is 0 Å². The highest BCUT2D eigenvalue weighted by molar-refractivity contribution is 6.01. The molecule has 1 N–H and O–H groups in total. The molecule has 6 heteroatoms. The van der Waals surface area contributed by atoms with Crippen LogP contribution >= 0.6 is 0 Å². The molecular weight excluding hydrogens is 246 g/mol. The summed E-state index contributed by atoms with van der Waals surface area (Å²) in [4.78, 5) is 24.3. The molecule has 1 amide bonds. The average Bonchev–Trinajstić information content (AvgIpc) is 2.35. The largest absolute Gasteiger partial charge is 0.382 e. The Kier molecular flexibility index (Phi) is 4.86. The number of carbonyl (C=O) groups is 1. The van der Waals surface area contributed by atoms with Crippen LogP contribution in [0.2, 0.25) is 0 Å². The number of nitro benzene ring substituents is 1. The van der Waals surface area contributed by atoms with Gasteiger partial charge in [-0.2, -0.15) is 0 Å². The SMILES string of the molecule is CNc1c(C(=O)N(C)CC(C)C)cccc1[N+](=O)[O-]. The molecule has 0 fully saturated rings. The summed E-state index contributed by atoms with van der Waals surface area (Å²) in [7, 11) is 3.27. The van der Waals surface area contributed by atoms with Gasteiger partial charge in [0.15, 0.2) is 0 Å². The Morgan fingerprint density at radius 1 is 1.47 bits per heavy atom. The number of benzene rings is 1. The lowest BCUT2D eigenvalue weighted by molar-refractivity contribution is -0.384. The van der Waals surface area contributed by atoms with E-state index in [9.17, 15) is 14.9 Å². The zero-order valence-corrected chi connectivity index (χ0v) is 11.6. The van der Waals surface area contributed by atoms with Gasteiger partial charge in [-0.15, -0.1) is 0 Å². The molecule has 0 aliphatic carbocycles. The fourth-order valence-electron chi connectivity index (χ4n) is 1.97. The maximum Gasteiger partial charge on any atom is 0.293 e. The van der Waals surface area contributed by atoms with E-state index in [1.54, 1.807) is 25.1 Å². The quantitative estimate of drug-likeness (QED) is 0.655. The van der Waals surface area contributed by atoms with Crippen LogP contribution in [0.4, 0.5) is 11.4 Å². The first-order valence-electron chi connectivity index (χ1n) is 6.09. The van der Waals surface area contributed by atoms with Gasteiger partial charge in [-0.1, -0.05) is 19.9 Å². The van der Waals surface area contributed by atoms with E-state index in [0.717, 1.165) is 0 Å². The van der Waals surface area contributed by atoms with Gasteiger partial charge in [0.1, 0.15) is 5.69 Å². The fraction of sp³-hybridized carbons (Fsp3) is 0.462. The molecule has 0 saturated carbocycles. The van der Waals surface area contributed by atoms with Crippen LogP contribution in [0, 0.1) is 16.0 Å². The van der Waals surface area contributed by atoms with E-state index in [2.05, 4.69) is 5.32 Å². The van der Waals surface area contributed by atoms with E-state index in [1.807, 2.05) is 13.8 Å². The van der Waals surface area contributed by atoms with E-state index < -0.39 is 4.92 Å². The predicted molar refractivity (Wildman–Crippen MR) is 74.4 cm³/mol. The van der Waals surface area contributed by atoms with Gasteiger partial charge in [0.2, 0.25) is 0 Å². The second kappa shape index (κ2) is 6.17. The maximum atomic E-state index is 12.3. The van der Waals surface area contributed by atoms with Gasteiger partial charge in [-0.05, 0) is 12.0 Å². The number of hydrogen-bond donors (Lipinski definition) is 1. The molecule has 0 aliphatic heterocycles. The second-order valence-corrected chi connectivity index (χ2v) is 4.79. The van der Waals surface area contributed by atoms with Crippen molar-refractivity contribution in [1.82, 2.24) is 4.90 Å². The summed E-state index contributed by atoms with van der Waals surface area (Å²) in [6, 6.07) is 4.50. The van der Waals surface area contributed by atoms with Crippen LogP contribution in [0.1, 0.15) is 24.2 Å². The minimum absolute atomic E-state index is 0.0914. The summed E-state index contributed by atoms with van der Waals surface area (Å²) in [5.41, 5.74) is 0.485. The maximum absolute atomic E-state index is 12.3. The van der Waals surface area contributed by atoms with Crippen LogP contribution < -0.4 is 5.32 Å². The van der Waals surface area contributed by atoms with E-state index in [0.29, 0.717) is 18.0 Å². The smallest absolute Gasteiger partial charge is 0.293 e. The number of anilines is 1. The Morgan fingerprint density at radius 3 is 2.58 bits per heavy atom. The molecule has 0 spiro atoms. The van der Waals surface area contributed by atoms with Crippen molar-refractivity contribution in [2.45, 2.75) is 13.8 Å². The third-order valence-corrected chi connectivity index (χ3v) is 2.71. The molecule has 1 rings (SSSR count). The Balaban J connectivity index is 3.16. The van der Waals surface area contributed by atoms with E-state index in [-0.39, 0.29) is 17.3 Å². The highest BCUT2D eigenvalue weighted by atomic mass is 16.6. The zero-order chi connectivity index (χ0) is 14.6. The number of rotatable bonds is 5. The molecule has 19 heavy (non-hydrogen) atoms. The third kappa shape index (κ3) is 3.43. The number of nitrogens with zero attached hydrogens (tertiary/aromatic N) is 2. The molecule has 6 nitrogen and oxygen atoms in total. The van der Waals surface area contributed by atoms with Crippen molar-refractivity contribution >= 4 is 17.3 Å². The molecule has 1 aromatic rings. The van der Waals surface area contributed by atoms with Gasteiger partial charge in [0.05, 0.1) is 10.5 Å². The summed E-state index contributed by atoms with van der Waals surface area (Å²) >= 11 is 0. The highest BCUT2D eigenvalue weighted by Gasteiger charge is 2.22. The molecule has 104 valence electrons. The molecular formula is C13H19N3O3. The molecule has 0 saturated heterocycles.